The second-order valence-corrected chi connectivity index (χ2v) is 6.46. The van der Waals surface area contributed by atoms with E-state index < -0.39 is 0 Å². The van der Waals surface area contributed by atoms with Crippen molar-refractivity contribution in [3.63, 3.8) is 0 Å². The molecule has 3 N–H and O–H groups in total. The molecule has 0 aromatic heterocycles. The van der Waals surface area contributed by atoms with E-state index in [0.29, 0.717) is 0 Å². The third-order valence-corrected chi connectivity index (χ3v) is 4.95. The molecule has 104 valence electrons. The van der Waals surface area contributed by atoms with Gasteiger partial charge in [-0.05, 0) is 36.1 Å². The Hall–Kier alpha value is -1.10. The summed E-state index contributed by atoms with van der Waals surface area (Å²) in [6.45, 7) is 0. The zero-order valence-corrected chi connectivity index (χ0v) is 13.4. The summed E-state index contributed by atoms with van der Waals surface area (Å²) >= 11 is 9.18. The van der Waals surface area contributed by atoms with Crippen molar-refractivity contribution in [3.05, 3.63) is 58.6 Å². The van der Waals surface area contributed by atoms with E-state index in [1.807, 2.05) is 48.7 Å². The number of rotatable bonds is 5. The van der Waals surface area contributed by atoms with E-state index in [1.54, 1.807) is 23.5 Å². The summed E-state index contributed by atoms with van der Waals surface area (Å²) in [5.41, 5.74) is 7.75. The highest BCUT2D eigenvalue weighted by molar-refractivity contribution is 7.99. The van der Waals surface area contributed by atoms with E-state index in [0.717, 1.165) is 26.1 Å². The first-order chi connectivity index (χ1) is 9.61. The maximum atomic E-state index is 7.77. The smallest absolute Gasteiger partial charge is 0.125 e. The number of hydrogen-bond donors (Lipinski definition) is 2. The minimum atomic E-state index is 0.119. The van der Waals surface area contributed by atoms with Crippen LogP contribution in [0.5, 0.6) is 0 Å². The quantitative estimate of drug-likeness (QED) is 0.479. The van der Waals surface area contributed by atoms with Gasteiger partial charge in [-0.25, -0.2) is 0 Å². The third kappa shape index (κ3) is 3.72. The van der Waals surface area contributed by atoms with Gasteiger partial charge in [0, 0.05) is 26.1 Å². The first-order valence-electron chi connectivity index (χ1n) is 6.00. The van der Waals surface area contributed by atoms with E-state index in [9.17, 15) is 0 Å². The van der Waals surface area contributed by atoms with Gasteiger partial charge in [0.1, 0.15) is 5.84 Å². The standard InChI is InChI=1S/C15H15ClN2S2/c1-19-12-3-2-4-13(14(12)15(17)18)20-9-10-5-7-11(16)8-6-10/h2-8H,9H2,1H3,(H3,17,18). The van der Waals surface area contributed by atoms with Crippen molar-refractivity contribution in [2.75, 3.05) is 6.26 Å². The number of nitrogens with one attached hydrogen (secondary N) is 1. The van der Waals surface area contributed by atoms with Crippen molar-refractivity contribution in [1.82, 2.24) is 0 Å². The van der Waals surface area contributed by atoms with E-state index >= 15 is 0 Å². The van der Waals surface area contributed by atoms with Gasteiger partial charge in [0.15, 0.2) is 0 Å². The van der Waals surface area contributed by atoms with Gasteiger partial charge in [-0.3, -0.25) is 5.41 Å². The fourth-order valence-corrected chi connectivity index (χ4v) is 3.69. The Labute approximate surface area is 132 Å². The minimum Gasteiger partial charge on any atom is -0.384 e. The van der Waals surface area contributed by atoms with Gasteiger partial charge in [0.2, 0.25) is 0 Å². The van der Waals surface area contributed by atoms with Crippen molar-refractivity contribution >= 4 is 41.0 Å². The summed E-state index contributed by atoms with van der Waals surface area (Å²) in [4.78, 5) is 2.08. The summed E-state index contributed by atoms with van der Waals surface area (Å²) in [6, 6.07) is 13.8. The largest absolute Gasteiger partial charge is 0.384 e. The molecule has 0 amide bonds. The number of halogens is 1. The van der Waals surface area contributed by atoms with Crippen LogP contribution in [0.25, 0.3) is 0 Å². The molecule has 0 aliphatic heterocycles. The SMILES string of the molecule is CSc1cccc(SCc2ccc(Cl)cc2)c1C(=N)N. The van der Waals surface area contributed by atoms with Crippen LogP contribution in [-0.2, 0) is 5.75 Å². The van der Waals surface area contributed by atoms with Crippen LogP contribution in [0.3, 0.4) is 0 Å². The topological polar surface area (TPSA) is 49.9 Å². The molecule has 0 unspecified atom stereocenters. The van der Waals surface area contributed by atoms with Gasteiger partial charge < -0.3 is 5.73 Å². The van der Waals surface area contributed by atoms with E-state index in [1.165, 1.54) is 5.56 Å². The van der Waals surface area contributed by atoms with Crippen LogP contribution < -0.4 is 5.73 Å². The van der Waals surface area contributed by atoms with Crippen LogP contribution in [0.2, 0.25) is 5.02 Å². The van der Waals surface area contributed by atoms with Gasteiger partial charge in [-0.15, -0.1) is 23.5 Å². The fourth-order valence-electron chi connectivity index (χ4n) is 1.81. The molecule has 2 aromatic rings. The fraction of sp³-hybridized carbons (Fsp3) is 0.133. The molecule has 0 spiro atoms. The monoisotopic (exact) mass is 322 g/mol. The van der Waals surface area contributed by atoms with Crippen LogP contribution in [-0.4, -0.2) is 12.1 Å². The first kappa shape index (κ1) is 15.3. The van der Waals surface area contributed by atoms with Crippen molar-refractivity contribution < 1.29 is 0 Å². The van der Waals surface area contributed by atoms with Crippen molar-refractivity contribution in [2.45, 2.75) is 15.5 Å². The number of nitrogens with two attached hydrogens (primary N) is 1. The predicted octanol–water partition coefficient (Wildman–Crippen LogP) is 4.64. The Balaban J connectivity index is 2.21. The highest BCUT2D eigenvalue weighted by Gasteiger charge is 2.11. The number of amidine groups is 1. The van der Waals surface area contributed by atoms with Gasteiger partial charge in [-0.2, -0.15) is 0 Å². The Kier molecular flexibility index (Phi) is 5.40. The van der Waals surface area contributed by atoms with Crippen LogP contribution >= 0.6 is 35.1 Å². The number of nitrogen functional groups attached to an aromatic ring is 1. The van der Waals surface area contributed by atoms with Crippen molar-refractivity contribution in [1.29, 1.82) is 5.41 Å². The van der Waals surface area contributed by atoms with E-state index in [2.05, 4.69) is 0 Å². The molecule has 2 aromatic carbocycles. The maximum Gasteiger partial charge on any atom is 0.125 e. The van der Waals surface area contributed by atoms with Crippen LogP contribution in [0.15, 0.2) is 52.3 Å². The van der Waals surface area contributed by atoms with Crippen LogP contribution in [0.4, 0.5) is 0 Å². The molecule has 0 aliphatic rings. The first-order valence-corrected chi connectivity index (χ1v) is 8.59. The molecule has 20 heavy (non-hydrogen) atoms. The lowest BCUT2D eigenvalue weighted by atomic mass is 10.2. The second kappa shape index (κ2) is 7.07. The normalized spacial score (nSPS) is 10.5. The molecule has 0 saturated heterocycles. The molecule has 0 bridgehead atoms. The lowest BCUT2D eigenvalue weighted by Gasteiger charge is -2.12. The molecule has 2 nitrogen and oxygen atoms in total. The predicted molar refractivity (Wildman–Crippen MR) is 90.3 cm³/mol. The minimum absolute atomic E-state index is 0.119. The molecule has 0 atom stereocenters. The Bertz CT molecular complexity index is 612. The molecular weight excluding hydrogens is 308 g/mol. The summed E-state index contributed by atoms with van der Waals surface area (Å²) in [5.74, 6) is 0.948. The third-order valence-electron chi connectivity index (χ3n) is 2.78. The number of benzene rings is 2. The Morgan fingerprint density at radius 2 is 1.80 bits per heavy atom. The lowest BCUT2D eigenvalue weighted by molar-refractivity contribution is 1.24. The molecule has 0 aliphatic carbocycles. The molecule has 0 saturated carbocycles. The van der Waals surface area contributed by atoms with Gasteiger partial charge in [0.25, 0.3) is 0 Å². The highest BCUT2D eigenvalue weighted by Crippen LogP contribution is 2.32. The molecule has 5 heteroatoms. The van der Waals surface area contributed by atoms with Gasteiger partial charge in [0.05, 0.1) is 0 Å². The summed E-state index contributed by atoms with van der Waals surface area (Å²) < 4.78 is 0. The summed E-state index contributed by atoms with van der Waals surface area (Å²) in [6.07, 6.45) is 2.00. The zero-order valence-electron chi connectivity index (χ0n) is 11.0. The molecule has 0 radical (unpaired) electrons. The average molecular weight is 323 g/mol. The highest BCUT2D eigenvalue weighted by atomic mass is 35.5. The summed E-state index contributed by atoms with van der Waals surface area (Å²) in [5, 5.41) is 8.51. The molecule has 0 heterocycles. The Morgan fingerprint density at radius 1 is 1.15 bits per heavy atom. The molecule has 2 rings (SSSR count). The van der Waals surface area contributed by atoms with Gasteiger partial charge in [-0.1, -0.05) is 29.8 Å². The van der Waals surface area contributed by atoms with Crippen LogP contribution in [0, 0.1) is 5.41 Å². The Morgan fingerprint density at radius 3 is 2.40 bits per heavy atom. The van der Waals surface area contributed by atoms with E-state index in [-0.39, 0.29) is 5.84 Å². The van der Waals surface area contributed by atoms with Gasteiger partial charge >= 0.3 is 0 Å². The van der Waals surface area contributed by atoms with Crippen molar-refractivity contribution in [3.8, 4) is 0 Å². The molecule has 0 fully saturated rings. The maximum absolute atomic E-state index is 7.77. The van der Waals surface area contributed by atoms with Crippen molar-refractivity contribution in [2.24, 2.45) is 5.73 Å². The number of hydrogen-bond acceptors (Lipinski definition) is 3. The van der Waals surface area contributed by atoms with Crippen LogP contribution in [0.1, 0.15) is 11.1 Å². The average Bonchev–Trinajstić information content (AvgIpc) is 2.46. The lowest BCUT2D eigenvalue weighted by Crippen LogP contribution is -2.13. The number of thioether (sulfide) groups is 2. The second-order valence-electron chi connectivity index (χ2n) is 4.16. The molecular formula is C15H15ClN2S2. The zero-order chi connectivity index (χ0) is 14.5. The van der Waals surface area contributed by atoms with E-state index in [4.69, 9.17) is 22.7 Å². The summed E-state index contributed by atoms with van der Waals surface area (Å²) in [7, 11) is 0.